The van der Waals surface area contributed by atoms with Gasteiger partial charge in [0.05, 0.1) is 11.1 Å². The normalized spacial score (nSPS) is 25.8. The number of piperidine rings is 2. The third-order valence-electron chi connectivity index (χ3n) is 6.08. The Morgan fingerprint density at radius 1 is 1.10 bits per heavy atom. The summed E-state index contributed by atoms with van der Waals surface area (Å²) in [7, 11) is 0. The van der Waals surface area contributed by atoms with E-state index >= 15 is 0 Å². The molecule has 2 saturated heterocycles. The largest absolute Gasteiger partial charge is 0.312 e. The van der Waals surface area contributed by atoms with Crippen molar-refractivity contribution in [3.05, 3.63) is 34.9 Å². The Kier molecular flexibility index (Phi) is 5.47. The van der Waals surface area contributed by atoms with Gasteiger partial charge in [-0.3, -0.25) is 29.4 Å². The van der Waals surface area contributed by atoms with E-state index in [1.165, 1.54) is 12.8 Å². The van der Waals surface area contributed by atoms with Crippen molar-refractivity contribution in [2.24, 2.45) is 0 Å². The highest BCUT2D eigenvalue weighted by Gasteiger charge is 2.44. The van der Waals surface area contributed by atoms with Crippen LogP contribution >= 0.6 is 0 Å². The molecule has 0 spiro atoms. The summed E-state index contributed by atoms with van der Waals surface area (Å²) < 4.78 is 0. The van der Waals surface area contributed by atoms with Crippen molar-refractivity contribution < 1.29 is 19.2 Å². The number of rotatable bonds is 5. The Balaban J connectivity index is 1.45. The van der Waals surface area contributed by atoms with Crippen molar-refractivity contribution in [3.63, 3.8) is 0 Å². The van der Waals surface area contributed by atoms with Crippen LogP contribution < -0.4 is 16.0 Å². The molecule has 3 N–H and O–H groups in total. The first-order valence-electron chi connectivity index (χ1n) is 10.3. The molecule has 4 rings (SSSR count). The van der Waals surface area contributed by atoms with Gasteiger partial charge in [0.2, 0.25) is 11.8 Å². The van der Waals surface area contributed by atoms with Gasteiger partial charge < -0.3 is 10.6 Å². The van der Waals surface area contributed by atoms with Gasteiger partial charge in [-0.25, -0.2) is 0 Å². The summed E-state index contributed by atoms with van der Waals surface area (Å²) >= 11 is 0. The van der Waals surface area contributed by atoms with E-state index < -0.39 is 23.8 Å². The lowest BCUT2D eigenvalue weighted by Gasteiger charge is -2.29. The second-order valence-electron chi connectivity index (χ2n) is 8.05. The maximum atomic E-state index is 12.9. The molecule has 3 aliphatic heterocycles. The van der Waals surface area contributed by atoms with Crippen LogP contribution in [0, 0.1) is 0 Å². The highest BCUT2D eigenvalue weighted by Crippen LogP contribution is 2.28. The fourth-order valence-corrected chi connectivity index (χ4v) is 4.35. The van der Waals surface area contributed by atoms with Crippen molar-refractivity contribution in [2.45, 2.75) is 63.7 Å². The van der Waals surface area contributed by atoms with Crippen LogP contribution in [0.5, 0.6) is 0 Å². The lowest BCUT2D eigenvalue weighted by molar-refractivity contribution is -0.136. The summed E-state index contributed by atoms with van der Waals surface area (Å²) in [6.45, 7) is 3.78. The summed E-state index contributed by atoms with van der Waals surface area (Å²) in [5.74, 6) is -1.91. The first-order chi connectivity index (χ1) is 14.0. The molecule has 8 nitrogen and oxygen atoms in total. The SMILES string of the molecule is CC(NCc1ccc2c(c1)C(=O)N(C1CCC(=O)NC1=O)C2=O)C1CCCCN1. The minimum Gasteiger partial charge on any atom is -0.312 e. The number of carbonyl (C=O) groups is 4. The fourth-order valence-electron chi connectivity index (χ4n) is 4.35. The maximum Gasteiger partial charge on any atom is 0.262 e. The molecular weight excluding hydrogens is 372 g/mol. The average molecular weight is 398 g/mol. The molecule has 0 saturated carbocycles. The van der Waals surface area contributed by atoms with Crippen molar-refractivity contribution in [1.29, 1.82) is 0 Å². The van der Waals surface area contributed by atoms with E-state index in [1.54, 1.807) is 12.1 Å². The summed E-state index contributed by atoms with van der Waals surface area (Å²) in [6, 6.07) is 5.02. The lowest BCUT2D eigenvalue weighted by Crippen LogP contribution is -2.54. The molecule has 8 heteroatoms. The van der Waals surface area contributed by atoms with Gasteiger partial charge in [-0.15, -0.1) is 0 Å². The van der Waals surface area contributed by atoms with Gasteiger partial charge in [0.15, 0.2) is 0 Å². The summed E-state index contributed by atoms with van der Waals surface area (Å²) in [5.41, 5.74) is 1.55. The van der Waals surface area contributed by atoms with Gasteiger partial charge in [0.25, 0.3) is 11.8 Å². The molecule has 29 heavy (non-hydrogen) atoms. The van der Waals surface area contributed by atoms with Crippen molar-refractivity contribution in [2.75, 3.05) is 6.54 Å². The van der Waals surface area contributed by atoms with Crippen molar-refractivity contribution in [3.8, 4) is 0 Å². The number of amides is 4. The smallest absolute Gasteiger partial charge is 0.262 e. The maximum absolute atomic E-state index is 12.9. The minimum absolute atomic E-state index is 0.117. The number of benzene rings is 1. The number of imide groups is 2. The van der Waals surface area contributed by atoms with E-state index in [1.807, 2.05) is 6.07 Å². The van der Waals surface area contributed by atoms with Crippen molar-refractivity contribution in [1.82, 2.24) is 20.9 Å². The van der Waals surface area contributed by atoms with Crippen LogP contribution in [0.15, 0.2) is 18.2 Å². The van der Waals surface area contributed by atoms with Crippen LogP contribution in [-0.2, 0) is 16.1 Å². The standard InChI is InChI=1S/C21H26N4O4/c1-12(16-4-2-3-9-22-16)23-11-13-5-6-14-15(10-13)21(29)25(20(14)28)17-7-8-18(26)24-19(17)27/h5-6,10,12,16-17,22-23H,2-4,7-9,11H2,1H3,(H,24,26,27). The van der Waals surface area contributed by atoms with E-state index in [0.717, 1.165) is 23.4 Å². The zero-order valence-corrected chi connectivity index (χ0v) is 16.5. The number of hydrogen-bond acceptors (Lipinski definition) is 6. The van der Waals surface area contributed by atoms with Crippen LogP contribution in [0.3, 0.4) is 0 Å². The molecule has 0 radical (unpaired) electrons. The molecular formula is C21H26N4O4. The fraction of sp³-hybridized carbons (Fsp3) is 0.524. The number of nitrogens with zero attached hydrogens (tertiary/aromatic N) is 1. The molecule has 3 heterocycles. The van der Waals surface area contributed by atoms with Crippen LogP contribution in [0.2, 0.25) is 0 Å². The molecule has 1 aromatic carbocycles. The molecule has 4 amide bonds. The van der Waals surface area contributed by atoms with Crippen LogP contribution in [-0.4, -0.2) is 53.2 Å². The highest BCUT2D eigenvalue weighted by atomic mass is 16.2. The Morgan fingerprint density at radius 2 is 1.90 bits per heavy atom. The molecule has 3 unspecified atom stereocenters. The average Bonchev–Trinajstić information content (AvgIpc) is 2.97. The molecule has 0 aromatic heterocycles. The van der Waals surface area contributed by atoms with Gasteiger partial charge in [-0.05, 0) is 50.4 Å². The highest BCUT2D eigenvalue weighted by molar-refractivity contribution is 6.23. The van der Waals surface area contributed by atoms with Gasteiger partial charge in [-0.2, -0.15) is 0 Å². The Morgan fingerprint density at radius 3 is 2.62 bits per heavy atom. The van der Waals surface area contributed by atoms with E-state index in [2.05, 4.69) is 22.9 Å². The molecule has 0 aliphatic carbocycles. The van der Waals surface area contributed by atoms with E-state index in [9.17, 15) is 19.2 Å². The lowest BCUT2D eigenvalue weighted by atomic mass is 9.98. The second-order valence-corrected chi connectivity index (χ2v) is 8.05. The zero-order chi connectivity index (χ0) is 20.5. The van der Waals surface area contributed by atoms with E-state index in [4.69, 9.17) is 0 Å². The zero-order valence-electron chi connectivity index (χ0n) is 16.5. The van der Waals surface area contributed by atoms with E-state index in [0.29, 0.717) is 29.8 Å². The first kappa shape index (κ1) is 19.7. The minimum atomic E-state index is -0.931. The van der Waals surface area contributed by atoms with Crippen LogP contribution in [0.1, 0.15) is 65.3 Å². The van der Waals surface area contributed by atoms with Crippen molar-refractivity contribution >= 4 is 23.6 Å². The van der Waals surface area contributed by atoms with E-state index in [-0.39, 0.29) is 18.7 Å². The quantitative estimate of drug-likeness (QED) is 0.631. The van der Waals surface area contributed by atoms with Gasteiger partial charge >= 0.3 is 0 Å². The molecule has 1 aromatic rings. The van der Waals surface area contributed by atoms with Gasteiger partial charge in [0.1, 0.15) is 6.04 Å². The first-order valence-corrected chi connectivity index (χ1v) is 10.3. The Labute approximate surface area is 169 Å². The predicted octanol–water partition coefficient (Wildman–Crippen LogP) is 0.708. The Bertz CT molecular complexity index is 862. The third kappa shape index (κ3) is 3.82. The van der Waals surface area contributed by atoms with Crippen LogP contribution in [0.4, 0.5) is 0 Å². The second kappa shape index (κ2) is 8.04. The molecule has 0 bridgehead atoms. The number of fused-ring (bicyclic) bond motifs is 1. The summed E-state index contributed by atoms with van der Waals surface area (Å²) in [6.07, 6.45) is 3.87. The monoisotopic (exact) mass is 398 g/mol. The van der Waals surface area contributed by atoms with Crippen LogP contribution in [0.25, 0.3) is 0 Å². The van der Waals surface area contributed by atoms with Gasteiger partial charge in [-0.1, -0.05) is 12.5 Å². The summed E-state index contributed by atoms with van der Waals surface area (Å²) in [4.78, 5) is 50.1. The number of hydrogen-bond donors (Lipinski definition) is 3. The molecule has 3 aliphatic rings. The summed E-state index contributed by atoms with van der Waals surface area (Å²) in [5, 5.41) is 9.24. The Hall–Kier alpha value is -2.58. The number of carbonyl (C=O) groups excluding carboxylic acids is 4. The van der Waals surface area contributed by atoms with Gasteiger partial charge in [0, 0.05) is 25.0 Å². The number of nitrogens with one attached hydrogen (secondary N) is 3. The molecule has 3 atom stereocenters. The molecule has 154 valence electrons. The predicted molar refractivity (Wildman–Crippen MR) is 105 cm³/mol. The third-order valence-corrected chi connectivity index (χ3v) is 6.08. The topological polar surface area (TPSA) is 108 Å². The molecule has 2 fully saturated rings.